The Bertz CT molecular complexity index is 1620. The zero-order valence-corrected chi connectivity index (χ0v) is 20.1. The summed E-state index contributed by atoms with van der Waals surface area (Å²) in [4.78, 5) is 22.4. The normalized spacial score (nSPS) is 11.5. The summed E-state index contributed by atoms with van der Waals surface area (Å²) < 4.78 is 1.33. The predicted molar refractivity (Wildman–Crippen MR) is 140 cm³/mol. The summed E-state index contributed by atoms with van der Waals surface area (Å²) >= 11 is 7.37. The number of fused-ring (bicyclic) bond motifs is 1. The number of halogens is 1. The zero-order valence-electron chi connectivity index (χ0n) is 18.5. The third-order valence-corrected chi connectivity index (χ3v) is 6.79. The standard InChI is InChI=1S/C27H20ClN3O2S/c1-16-7-12-20(13-17(16)2)31-25(32)22-6-4-3-5-21(22)23(26(31)33)14-29-27-30-24(15-34-27)18-8-10-19(28)11-9-18/h3-15,33H,1-2H3/b29-14+. The van der Waals surface area contributed by atoms with Gasteiger partial charge in [0, 0.05) is 33.0 Å². The van der Waals surface area contributed by atoms with Crippen LogP contribution < -0.4 is 5.56 Å². The van der Waals surface area contributed by atoms with Crippen LogP contribution in [0.3, 0.4) is 0 Å². The topological polar surface area (TPSA) is 67.5 Å². The first-order valence-electron chi connectivity index (χ1n) is 10.6. The Balaban J connectivity index is 1.62. The summed E-state index contributed by atoms with van der Waals surface area (Å²) in [7, 11) is 0. The van der Waals surface area contributed by atoms with E-state index in [4.69, 9.17) is 11.6 Å². The molecule has 0 atom stereocenters. The third-order valence-electron chi connectivity index (χ3n) is 5.79. The van der Waals surface area contributed by atoms with Crippen molar-refractivity contribution in [3.05, 3.63) is 104 Å². The van der Waals surface area contributed by atoms with Gasteiger partial charge in [-0.1, -0.05) is 48.0 Å². The van der Waals surface area contributed by atoms with Crippen molar-refractivity contribution in [1.82, 2.24) is 9.55 Å². The van der Waals surface area contributed by atoms with Crippen molar-refractivity contribution in [1.29, 1.82) is 0 Å². The molecular weight excluding hydrogens is 466 g/mol. The molecule has 5 rings (SSSR count). The van der Waals surface area contributed by atoms with Crippen LogP contribution in [0.1, 0.15) is 16.7 Å². The Morgan fingerprint density at radius 2 is 1.74 bits per heavy atom. The fourth-order valence-electron chi connectivity index (χ4n) is 3.79. The average Bonchev–Trinajstić information content (AvgIpc) is 3.31. The zero-order chi connectivity index (χ0) is 23.8. The molecule has 0 radical (unpaired) electrons. The van der Waals surface area contributed by atoms with Gasteiger partial charge in [-0.25, -0.2) is 14.5 Å². The highest BCUT2D eigenvalue weighted by molar-refractivity contribution is 7.13. The SMILES string of the molecule is Cc1ccc(-n2c(O)c(/C=N/c3nc(-c4ccc(Cl)cc4)cs3)c3ccccc3c2=O)cc1C. The van der Waals surface area contributed by atoms with E-state index in [2.05, 4.69) is 9.98 Å². The molecular formula is C27H20ClN3O2S. The average molecular weight is 486 g/mol. The van der Waals surface area contributed by atoms with Gasteiger partial charge in [0.1, 0.15) is 0 Å². The number of rotatable bonds is 4. The molecule has 0 aliphatic heterocycles. The van der Waals surface area contributed by atoms with Crippen LogP contribution >= 0.6 is 22.9 Å². The van der Waals surface area contributed by atoms with Gasteiger partial charge < -0.3 is 5.11 Å². The summed E-state index contributed by atoms with van der Waals surface area (Å²) in [6.07, 6.45) is 1.57. The minimum Gasteiger partial charge on any atom is -0.494 e. The summed E-state index contributed by atoms with van der Waals surface area (Å²) in [6.45, 7) is 3.98. The van der Waals surface area contributed by atoms with E-state index in [9.17, 15) is 9.90 Å². The van der Waals surface area contributed by atoms with Gasteiger partial charge in [0.25, 0.3) is 5.56 Å². The van der Waals surface area contributed by atoms with Crippen LogP contribution in [0, 0.1) is 13.8 Å². The number of aromatic hydroxyl groups is 1. The number of benzene rings is 3. The van der Waals surface area contributed by atoms with Crippen molar-refractivity contribution in [2.45, 2.75) is 13.8 Å². The number of aryl methyl sites for hydroxylation is 2. The largest absolute Gasteiger partial charge is 0.494 e. The van der Waals surface area contributed by atoms with E-state index in [1.165, 1.54) is 15.9 Å². The Morgan fingerprint density at radius 3 is 2.47 bits per heavy atom. The molecule has 168 valence electrons. The lowest BCUT2D eigenvalue weighted by Gasteiger charge is -2.14. The van der Waals surface area contributed by atoms with Crippen LogP contribution in [0.15, 0.2) is 81.9 Å². The highest BCUT2D eigenvalue weighted by atomic mass is 35.5. The maximum atomic E-state index is 13.3. The van der Waals surface area contributed by atoms with Crippen LogP contribution in [0.25, 0.3) is 27.7 Å². The number of aliphatic imine (C=N–C) groups is 1. The second-order valence-corrected chi connectivity index (χ2v) is 9.25. The lowest BCUT2D eigenvalue weighted by atomic mass is 10.1. The van der Waals surface area contributed by atoms with Crippen LogP contribution in [-0.4, -0.2) is 20.9 Å². The van der Waals surface area contributed by atoms with Crippen LogP contribution in [0.4, 0.5) is 5.13 Å². The summed E-state index contributed by atoms with van der Waals surface area (Å²) in [6, 6.07) is 20.3. The predicted octanol–water partition coefficient (Wildman–Crippen LogP) is 6.84. The molecule has 5 nitrogen and oxygen atoms in total. The van der Waals surface area contributed by atoms with Crippen molar-refractivity contribution in [3.63, 3.8) is 0 Å². The van der Waals surface area contributed by atoms with E-state index in [1.807, 2.05) is 79.9 Å². The maximum Gasteiger partial charge on any atom is 0.265 e. The second kappa shape index (κ2) is 8.89. The first-order valence-corrected chi connectivity index (χ1v) is 11.9. The molecule has 5 aromatic rings. The Morgan fingerprint density at radius 1 is 1.00 bits per heavy atom. The number of hydrogen-bond acceptors (Lipinski definition) is 5. The molecule has 0 unspecified atom stereocenters. The van der Waals surface area contributed by atoms with E-state index < -0.39 is 0 Å². The number of pyridine rings is 1. The Labute approximate surface area is 205 Å². The molecule has 0 saturated heterocycles. The number of nitrogens with zero attached hydrogens (tertiary/aromatic N) is 3. The van der Waals surface area contributed by atoms with Crippen molar-refractivity contribution >= 4 is 45.1 Å². The molecule has 0 bridgehead atoms. The van der Waals surface area contributed by atoms with Gasteiger partial charge >= 0.3 is 0 Å². The quantitative estimate of drug-likeness (QED) is 0.283. The van der Waals surface area contributed by atoms with Crippen molar-refractivity contribution in [2.24, 2.45) is 4.99 Å². The smallest absolute Gasteiger partial charge is 0.265 e. The minimum atomic E-state index is -0.284. The van der Waals surface area contributed by atoms with Crippen molar-refractivity contribution < 1.29 is 5.11 Å². The van der Waals surface area contributed by atoms with Crippen molar-refractivity contribution in [3.8, 4) is 22.8 Å². The van der Waals surface area contributed by atoms with Gasteiger partial charge in [-0.05, 0) is 55.3 Å². The fraction of sp³-hybridized carbons (Fsp3) is 0.0741. The number of hydrogen-bond donors (Lipinski definition) is 1. The summed E-state index contributed by atoms with van der Waals surface area (Å²) in [5, 5.41) is 15.5. The van der Waals surface area contributed by atoms with Crippen LogP contribution in [0.2, 0.25) is 5.02 Å². The van der Waals surface area contributed by atoms with E-state index in [0.717, 1.165) is 22.4 Å². The Kier molecular flexibility index (Phi) is 5.77. The molecule has 0 aliphatic carbocycles. The van der Waals surface area contributed by atoms with Gasteiger partial charge in [-0.3, -0.25) is 4.79 Å². The molecule has 34 heavy (non-hydrogen) atoms. The highest BCUT2D eigenvalue weighted by Crippen LogP contribution is 2.30. The lowest BCUT2D eigenvalue weighted by molar-refractivity contribution is 0.436. The highest BCUT2D eigenvalue weighted by Gasteiger charge is 2.17. The van der Waals surface area contributed by atoms with Crippen LogP contribution in [0.5, 0.6) is 5.88 Å². The fourth-order valence-corrected chi connectivity index (χ4v) is 4.59. The van der Waals surface area contributed by atoms with E-state index in [0.29, 0.717) is 32.2 Å². The maximum absolute atomic E-state index is 13.3. The Hall–Kier alpha value is -3.74. The molecule has 0 amide bonds. The summed E-state index contributed by atoms with van der Waals surface area (Å²) in [5.41, 5.74) is 4.65. The number of thiazole rings is 1. The first kappa shape index (κ1) is 22.1. The minimum absolute atomic E-state index is 0.162. The van der Waals surface area contributed by atoms with Gasteiger partial charge in [-0.15, -0.1) is 11.3 Å². The van der Waals surface area contributed by atoms with E-state index in [1.54, 1.807) is 12.3 Å². The molecule has 1 N–H and O–H groups in total. The van der Waals surface area contributed by atoms with Gasteiger partial charge in [0.05, 0.1) is 16.9 Å². The van der Waals surface area contributed by atoms with Gasteiger partial charge in [0.2, 0.25) is 11.0 Å². The second-order valence-electron chi connectivity index (χ2n) is 7.97. The molecule has 0 saturated carbocycles. The molecule has 2 heterocycles. The third kappa shape index (κ3) is 4.02. The van der Waals surface area contributed by atoms with E-state index >= 15 is 0 Å². The molecule has 2 aromatic heterocycles. The first-order chi connectivity index (χ1) is 16.4. The molecule has 0 fully saturated rings. The lowest BCUT2D eigenvalue weighted by Crippen LogP contribution is -2.20. The van der Waals surface area contributed by atoms with Gasteiger partial charge in [-0.2, -0.15) is 0 Å². The summed E-state index contributed by atoms with van der Waals surface area (Å²) in [5.74, 6) is -0.162. The van der Waals surface area contributed by atoms with Gasteiger partial charge in [0.15, 0.2) is 0 Å². The molecule has 7 heteroatoms. The van der Waals surface area contributed by atoms with Crippen molar-refractivity contribution in [2.75, 3.05) is 0 Å². The molecule has 0 aliphatic rings. The molecule has 0 spiro atoms. The molecule has 3 aromatic carbocycles. The van der Waals surface area contributed by atoms with E-state index in [-0.39, 0.29) is 11.4 Å². The van der Waals surface area contributed by atoms with Crippen LogP contribution in [-0.2, 0) is 0 Å². The number of aromatic nitrogens is 2. The monoisotopic (exact) mass is 485 g/mol.